The first-order valence-corrected chi connectivity index (χ1v) is 10.4. The van der Waals surface area contributed by atoms with E-state index in [2.05, 4.69) is 50.3 Å². The number of nitrogens with zero attached hydrogens (tertiary/aromatic N) is 4. The highest BCUT2D eigenvalue weighted by molar-refractivity contribution is 14.0. The lowest BCUT2D eigenvalue weighted by Crippen LogP contribution is -2.50. The van der Waals surface area contributed by atoms with Crippen LogP contribution in [0.25, 0.3) is 11.0 Å². The van der Waals surface area contributed by atoms with Crippen molar-refractivity contribution in [3.05, 3.63) is 30.1 Å². The molecule has 1 aliphatic rings. The van der Waals surface area contributed by atoms with Gasteiger partial charge in [0.1, 0.15) is 5.82 Å². The molecule has 1 aromatic carbocycles. The zero-order valence-corrected chi connectivity index (χ0v) is 20.4. The second kappa shape index (κ2) is 12.0. The van der Waals surface area contributed by atoms with Gasteiger partial charge in [-0.25, -0.2) is 9.78 Å². The minimum absolute atomic E-state index is 0. The van der Waals surface area contributed by atoms with E-state index in [4.69, 9.17) is 4.74 Å². The molecule has 2 aromatic rings. The summed E-state index contributed by atoms with van der Waals surface area (Å²) in [6.45, 7) is 7.46. The van der Waals surface area contributed by atoms with Crippen LogP contribution in [0.2, 0.25) is 0 Å². The molecule has 1 aromatic heterocycles. The molecule has 9 heteroatoms. The summed E-state index contributed by atoms with van der Waals surface area (Å²) < 4.78 is 7.34. The van der Waals surface area contributed by atoms with Gasteiger partial charge in [0.2, 0.25) is 0 Å². The Kier molecular flexibility index (Phi) is 9.67. The number of hydrogen-bond donors (Lipinski definition) is 2. The van der Waals surface area contributed by atoms with Gasteiger partial charge in [-0.1, -0.05) is 12.1 Å². The number of hydrogen-bond acceptors (Lipinski definition) is 4. The molecule has 166 valence electrons. The van der Waals surface area contributed by atoms with Crippen molar-refractivity contribution in [3.63, 3.8) is 0 Å². The molecule has 0 unspecified atom stereocenters. The monoisotopic (exact) mass is 528 g/mol. The van der Waals surface area contributed by atoms with Gasteiger partial charge in [0.05, 0.1) is 17.6 Å². The van der Waals surface area contributed by atoms with Gasteiger partial charge in [0, 0.05) is 39.3 Å². The third-order valence-corrected chi connectivity index (χ3v) is 5.28. The highest BCUT2D eigenvalue weighted by Crippen LogP contribution is 2.15. The van der Waals surface area contributed by atoms with Crippen molar-refractivity contribution in [2.75, 3.05) is 33.3 Å². The Balaban J connectivity index is 0.00000320. The number of carbonyl (C=O) groups is 1. The van der Waals surface area contributed by atoms with Crippen molar-refractivity contribution in [1.82, 2.24) is 25.1 Å². The zero-order chi connectivity index (χ0) is 20.6. The van der Waals surface area contributed by atoms with E-state index in [1.807, 2.05) is 13.0 Å². The van der Waals surface area contributed by atoms with Crippen LogP contribution in [0.4, 0.5) is 4.79 Å². The molecule has 0 spiro atoms. The molecule has 8 nitrogen and oxygen atoms in total. The van der Waals surface area contributed by atoms with E-state index >= 15 is 0 Å². The number of amides is 1. The molecule has 0 radical (unpaired) electrons. The van der Waals surface area contributed by atoms with E-state index in [1.54, 1.807) is 11.9 Å². The number of carbonyl (C=O) groups excluding carboxylic acids is 1. The Morgan fingerprint density at radius 2 is 2.03 bits per heavy atom. The number of halogens is 1. The van der Waals surface area contributed by atoms with Gasteiger partial charge in [-0.2, -0.15) is 0 Å². The topological polar surface area (TPSA) is 83.8 Å². The first-order valence-electron chi connectivity index (χ1n) is 10.4. The predicted octanol–water partition coefficient (Wildman–Crippen LogP) is 3.14. The molecular weight excluding hydrogens is 495 g/mol. The van der Waals surface area contributed by atoms with E-state index in [9.17, 15) is 4.79 Å². The quantitative estimate of drug-likeness (QED) is 0.261. The maximum Gasteiger partial charge on any atom is 0.409 e. The Labute approximate surface area is 195 Å². The van der Waals surface area contributed by atoms with Gasteiger partial charge in [-0.05, 0) is 45.2 Å². The highest BCUT2D eigenvalue weighted by Gasteiger charge is 2.23. The Morgan fingerprint density at radius 1 is 1.30 bits per heavy atom. The largest absolute Gasteiger partial charge is 0.450 e. The summed E-state index contributed by atoms with van der Waals surface area (Å²) in [5, 5.41) is 6.87. The van der Waals surface area contributed by atoms with E-state index in [1.165, 1.54) is 5.52 Å². The number of likely N-dealkylation sites (tertiary alicyclic amines) is 1. The van der Waals surface area contributed by atoms with Crippen molar-refractivity contribution in [2.45, 2.75) is 45.7 Å². The molecule has 1 fully saturated rings. The summed E-state index contributed by atoms with van der Waals surface area (Å²) in [6.07, 6.45) is 2.54. The van der Waals surface area contributed by atoms with Crippen LogP contribution in [-0.4, -0.2) is 65.8 Å². The lowest BCUT2D eigenvalue weighted by atomic mass is 10.1. The Hall–Kier alpha value is -2.04. The summed E-state index contributed by atoms with van der Waals surface area (Å²) in [6, 6.07) is 8.55. The van der Waals surface area contributed by atoms with Crippen LogP contribution in [0.15, 0.2) is 29.3 Å². The number of aromatic nitrogens is 2. The lowest BCUT2D eigenvalue weighted by molar-refractivity contribution is 0.0963. The molecule has 1 aliphatic heterocycles. The summed E-state index contributed by atoms with van der Waals surface area (Å²) in [7, 11) is 1.79. The average Bonchev–Trinajstić information content (AvgIpc) is 3.06. The minimum Gasteiger partial charge on any atom is -0.450 e. The first kappa shape index (κ1) is 24.2. The number of rotatable bonds is 6. The molecule has 2 heterocycles. The SMILES string of the molecule is CCOC(=O)N1CCC(NC(=NC)NCCCn2c(C)nc3ccccc32)CC1.I. The first-order chi connectivity index (χ1) is 14.1. The third-order valence-electron chi connectivity index (χ3n) is 5.28. The molecule has 1 saturated heterocycles. The number of benzene rings is 1. The fourth-order valence-electron chi connectivity index (χ4n) is 3.73. The minimum atomic E-state index is -0.212. The second-order valence-electron chi connectivity index (χ2n) is 7.26. The number of imidazole rings is 1. The number of aryl methyl sites for hydroxylation is 2. The number of nitrogens with one attached hydrogen (secondary N) is 2. The van der Waals surface area contributed by atoms with Crippen LogP contribution in [0.5, 0.6) is 0 Å². The van der Waals surface area contributed by atoms with Crippen LogP contribution in [-0.2, 0) is 11.3 Å². The molecule has 0 aliphatic carbocycles. The molecule has 0 bridgehead atoms. The van der Waals surface area contributed by atoms with Crippen LogP contribution in [0.1, 0.15) is 32.0 Å². The van der Waals surface area contributed by atoms with Crippen LogP contribution in [0, 0.1) is 6.92 Å². The fourth-order valence-corrected chi connectivity index (χ4v) is 3.73. The standard InChI is InChI=1S/C21H32N6O2.HI/c1-4-29-21(28)26-14-10-17(11-15-26)25-20(22-3)23-12-7-13-27-16(2)24-18-8-5-6-9-19(18)27;/h5-6,8-9,17H,4,7,10-15H2,1-3H3,(H2,22,23,25);1H. The maximum absolute atomic E-state index is 11.8. The highest BCUT2D eigenvalue weighted by atomic mass is 127. The number of piperidine rings is 1. The number of aliphatic imine (C=N–C) groups is 1. The van der Waals surface area contributed by atoms with Crippen molar-refractivity contribution < 1.29 is 9.53 Å². The maximum atomic E-state index is 11.8. The normalized spacial score (nSPS) is 15.0. The predicted molar refractivity (Wildman–Crippen MR) is 131 cm³/mol. The van der Waals surface area contributed by atoms with E-state index < -0.39 is 0 Å². The van der Waals surface area contributed by atoms with Crippen molar-refractivity contribution in [1.29, 1.82) is 0 Å². The number of para-hydroxylation sites is 2. The Morgan fingerprint density at radius 3 is 2.73 bits per heavy atom. The Bertz CT molecular complexity index is 845. The van der Waals surface area contributed by atoms with E-state index in [0.717, 1.165) is 49.7 Å². The summed E-state index contributed by atoms with van der Waals surface area (Å²) >= 11 is 0. The molecule has 0 saturated carbocycles. The van der Waals surface area contributed by atoms with Gasteiger partial charge >= 0.3 is 6.09 Å². The van der Waals surface area contributed by atoms with Crippen LogP contribution in [0.3, 0.4) is 0 Å². The summed E-state index contributed by atoms with van der Waals surface area (Å²) in [4.78, 5) is 22.5. The zero-order valence-electron chi connectivity index (χ0n) is 18.1. The molecule has 0 atom stereocenters. The molecule has 30 heavy (non-hydrogen) atoms. The van der Waals surface area contributed by atoms with Crippen molar-refractivity contribution in [3.8, 4) is 0 Å². The lowest BCUT2D eigenvalue weighted by Gasteiger charge is -2.32. The molecule has 1 amide bonds. The number of guanidine groups is 1. The van der Waals surface area contributed by atoms with Gasteiger partial charge in [-0.3, -0.25) is 4.99 Å². The third kappa shape index (κ3) is 6.23. The molecular formula is C21H33IN6O2. The van der Waals surface area contributed by atoms with E-state index in [-0.39, 0.29) is 30.1 Å². The van der Waals surface area contributed by atoms with Crippen molar-refractivity contribution >= 4 is 47.1 Å². The molecule has 3 rings (SSSR count). The van der Waals surface area contributed by atoms with Crippen LogP contribution >= 0.6 is 24.0 Å². The van der Waals surface area contributed by atoms with Crippen molar-refractivity contribution in [2.24, 2.45) is 4.99 Å². The summed E-state index contributed by atoms with van der Waals surface area (Å²) in [5.41, 5.74) is 2.23. The van der Waals surface area contributed by atoms with Gasteiger partial charge in [0.15, 0.2) is 5.96 Å². The van der Waals surface area contributed by atoms with Gasteiger partial charge in [-0.15, -0.1) is 24.0 Å². The summed E-state index contributed by atoms with van der Waals surface area (Å²) in [5.74, 6) is 1.86. The number of fused-ring (bicyclic) bond motifs is 1. The molecule has 2 N–H and O–H groups in total. The average molecular weight is 528 g/mol. The van der Waals surface area contributed by atoms with Gasteiger partial charge in [0.25, 0.3) is 0 Å². The smallest absolute Gasteiger partial charge is 0.409 e. The van der Waals surface area contributed by atoms with E-state index in [0.29, 0.717) is 25.7 Å². The second-order valence-corrected chi connectivity index (χ2v) is 7.26. The number of ether oxygens (including phenoxy) is 1. The van der Waals surface area contributed by atoms with Crippen LogP contribution < -0.4 is 10.6 Å². The van der Waals surface area contributed by atoms with Gasteiger partial charge < -0.3 is 24.8 Å². The fraction of sp³-hybridized carbons (Fsp3) is 0.571.